The van der Waals surface area contributed by atoms with Crippen LogP contribution in [0.3, 0.4) is 0 Å². The van der Waals surface area contributed by atoms with E-state index in [0.29, 0.717) is 32.6 Å². The van der Waals surface area contributed by atoms with E-state index < -0.39 is 0 Å². The van der Waals surface area contributed by atoms with E-state index in [1.165, 1.54) is 0 Å². The summed E-state index contributed by atoms with van der Waals surface area (Å²) in [5.41, 5.74) is 1.52. The minimum Gasteiger partial charge on any atom is -0.495 e. The molecule has 0 amide bonds. The number of benzene rings is 2. The molecule has 0 atom stereocenters. The van der Waals surface area contributed by atoms with Crippen molar-refractivity contribution in [3.05, 3.63) is 63.7 Å². The predicted molar refractivity (Wildman–Crippen MR) is 103 cm³/mol. The minimum absolute atomic E-state index is 0.419. The van der Waals surface area contributed by atoms with Gasteiger partial charge in [0.1, 0.15) is 11.6 Å². The van der Waals surface area contributed by atoms with Gasteiger partial charge in [0.15, 0.2) is 0 Å². The summed E-state index contributed by atoms with van der Waals surface area (Å²) in [5, 5.41) is 7.69. The van der Waals surface area contributed by atoms with E-state index in [9.17, 15) is 0 Å². The van der Waals surface area contributed by atoms with Gasteiger partial charge in [0.2, 0.25) is 5.95 Å². The Morgan fingerprint density at radius 2 is 1.56 bits per heavy atom. The van der Waals surface area contributed by atoms with Crippen LogP contribution in [0.5, 0.6) is 5.75 Å². The lowest BCUT2D eigenvalue weighted by Crippen LogP contribution is -2.00. The number of methoxy groups -OCH3 is 1. The van der Waals surface area contributed by atoms with Crippen LogP contribution in [0.25, 0.3) is 0 Å². The Morgan fingerprint density at radius 1 is 0.840 bits per heavy atom. The first-order valence-electron chi connectivity index (χ1n) is 7.21. The molecule has 2 N–H and O–H groups in total. The van der Waals surface area contributed by atoms with Gasteiger partial charge in [-0.2, -0.15) is 4.98 Å². The summed E-state index contributed by atoms with van der Waals surface area (Å²) >= 11 is 18.1. The molecule has 2 aromatic carbocycles. The maximum atomic E-state index is 6.13. The summed E-state index contributed by atoms with van der Waals surface area (Å²) in [6.45, 7) is 0. The molecule has 8 heteroatoms. The number of halogens is 3. The van der Waals surface area contributed by atoms with E-state index in [1.54, 1.807) is 49.7 Å². The van der Waals surface area contributed by atoms with E-state index in [0.717, 1.165) is 11.4 Å². The van der Waals surface area contributed by atoms with Gasteiger partial charge in [-0.25, -0.2) is 4.98 Å². The van der Waals surface area contributed by atoms with E-state index >= 15 is 0 Å². The number of aromatic nitrogens is 2. The number of nitrogens with zero attached hydrogens (tertiary/aromatic N) is 2. The number of hydrogen-bond acceptors (Lipinski definition) is 5. The fourth-order valence-corrected chi connectivity index (χ4v) is 2.64. The second kappa shape index (κ2) is 7.78. The average molecular weight is 396 g/mol. The van der Waals surface area contributed by atoms with Crippen LogP contribution >= 0.6 is 34.8 Å². The molecular weight excluding hydrogens is 383 g/mol. The molecule has 0 radical (unpaired) electrons. The van der Waals surface area contributed by atoms with E-state index in [1.807, 2.05) is 6.07 Å². The van der Waals surface area contributed by atoms with Crippen molar-refractivity contribution in [2.24, 2.45) is 0 Å². The highest BCUT2D eigenvalue weighted by Crippen LogP contribution is 2.29. The van der Waals surface area contributed by atoms with Gasteiger partial charge < -0.3 is 15.4 Å². The van der Waals surface area contributed by atoms with E-state index in [4.69, 9.17) is 39.5 Å². The Bertz CT molecular complexity index is 905. The van der Waals surface area contributed by atoms with Crippen LogP contribution in [-0.4, -0.2) is 17.1 Å². The van der Waals surface area contributed by atoms with Gasteiger partial charge in [0.05, 0.1) is 22.2 Å². The Labute approximate surface area is 159 Å². The normalized spacial score (nSPS) is 10.4. The van der Waals surface area contributed by atoms with Crippen molar-refractivity contribution < 1.29 is 4.74 Å². The van der Waals surface area contributed by atoms with Crippen LogP contribution in [0, 0.1) is 0 Å². The average Bonchev–Trinajstić information content (AvgIpc) is 2.59. The molecule has 3 rings (SSSR count). The molecule has 0 unspecified atom stereocenters. The highest BCUT2D eigenvalue weighted by Gasteiger charge is 2.05. The lowest BCUT2D eigenvalue weighted by atomic mass is 10.3. The first-order chi connectivity index (χ1) is 12.0. The molecular formula is C17H13Cl3N4O. The molecule has 0 fully saturated rings. The third-order valence-corrected chi connectivity index (χ3v) is 4.29. The van der Waals surface area contributed by atoms with Crippen molar-refractivity contribution in [2.75, 3.05) is 17.7 Å². The molecule has 0 spiro atoms. The number of hydrogen-bond donors (Lipinski definition) is 2. The lowest BCUT2D eigenvalue weighted by Gasteiger charge is -2.10. The highest BCUT2D eigenvalue weighted by molar-refractivity contribution is 6.42. The van der Waals surface area contributed by atoms with Gasteiger partial charge in [0, 0.05) is 17.6 Å². The van der Waals surface area contributed by atoms with Crippen molar-refractivity contribution in [3.8, 4) is 5.75 Å². The van der Waals surface area contributed by atoms with Crippen molar-refractivity contribution >= 4 is 57.9 Å². The van der Waals surface area contributed by atoms with E-state index in [-0.39, 0.29) is 0 Å². The summed E-state index contributed by atoms with van der Waals surface area (Å²) in [6.07, 6.45) is 1.64. The Hall–Kier alpha value is -2.21. The number of ether oxygens (including phenoxy) is 1. The standard InChI is InChI=1S/C17H13Cl3N4O/c1-25-15-5-3-10(9-14(15)20)22-16-6-7-21-17(24-16)23-11-2-4-12(18)13(19)8-11/h2-9H,1H3,(H2,21,22,23,24). The van der Waals surface area contributed by atoms with Gasteiger partial charge in [-0.1, -0.05) is 34.8 Å². The Morgan fingerprint density at radius 3 is 2.28 bits per heavy atom. The van der Waals surface area contributed by atoms with Crippen LogP contribution in [0.2, 0.25) is 15.1 Å². The quantitative estimate of drug-likeness (QED) is 0.560. The summed E-state index contributed by atoms with van der Waals surface area (Å²) in [4.78, 5) is 8.59. The summed E-state index contributed by atoms with van der Waals surface area (Å²) in [5.74, 6) is 1.64. The molecule has 0 aliphatic rings. The van der Waals surface area contributed by atoms with Crippen molar-refractivity contribution in [3.63, 3.8) is 0 Å². The van der Waals surface area contributed by atoms with Crippen LogP contribution in [-0.2, 0) is 0 Å². The first kappa shape index (κ1) is 17.6. The zero-order valence-corrected chi connectivity index (χ0v) is 15.3. The maximum Gasteiger partial charge on any atom is 0.229 e. The number of rotatable bonds is 5. The Kier molecular flexibility index (Phi) is 5.48. The van der Waals surface area contributed by atoms with Gasteiger partial charge in [-0.3, -0.25) is 0 Å². The monoisotopic (exact) mass is 394 g/mol. The first-order valence-corrected chi connectivity index (χ1v) is 8.34. The SMILES string of the molecule is COc1ccc(Nc2ccnc(Nc3ccc(Cl)c(Cl)c3)n2)cc1Cl. The van der Waals surface area contributed by atoms with Crippen LogP contribution in [0.4, 0.5) is 23.1 Å². The van der Waals surface area contributed by atoms with Crippen molar-refractivity contribution in [1.82, 2.24) is 9.97 Å². The molecule has 0 bridgehead atoms. The largest absolute Gasteiger partial charge is 0.495 e. The molecule has 3 aromatic rings. The van der Waals surface area contributed by atoms with Crippen LogP contribution in [0.1, 0.15) is 0 Å². The number of nitrogens with one attached hydrogen (secondary N) is 2. The molecule has 5 nitrogen and oxygen atoms in total. The topological polar surface area (TPSA) is 59.1 Å². The van der Waals surface area contributed by atoms with Crippen molar-refractivity contribution in [1.29, 1.82) is 0 Å². The predicted octanol–water partition coefficient (Wildman–Crippen LogP) is 5.93. The van der Waals surface area contributed by atoms with Gasteiger partial charge >= 0.3 is 0 Å². The summed E-state index contributed by atoms with van der Waals surface area (Å²) in [7, 11) is 1.57. The fourth-order valence-electron chi connectivity index (χ4n) is 2.08. The molecule has 0 aliphatic heterocycles. The third kappa shape index (κ3) is 4.45. The molecule has 0 saturated carbocycles. The molecule has 0 saturated heterocycles. The van der Waals surface area contributed by atoms with E-state index in [2.05, 4.69) is 20.6 Å². The number of anilines is 4. The minimum atomic E-state index is 0.419. The van der Waals surface area contributed by atoms with Crippen molar-refractivity contribution in [2.45, 2.75) is 0 Å². The Balaban J connectivity index is 1.77. The molecule has 128 valence electrons. The maximum absolute atomic E-state index is 6.13. The third-order valence-electron chi connectivity index (χ3n) is 3.26. The second-order valence-electron chi connectivity index (χ2n) is 4.99. The van der Waals surface area contributed by atoms with Crippen LogP contribution < -0.4 is 15.4 Å². The fraction of sp³-hybridized carbons (Fsp3) is 0.0588. The zero-order chi connectivity index (χ0) is 17.8. The molecule has 1 heterocycles. The van der Waals surface area contributed by atoms with Crippen LogP contribution in [0.15, 0.2) is 48.7 Å². The highest BCUT2D eigenvalue weighted by atomic mass is 35.5. The van der Waals surface area contributed by atoms with Gasteiger partial charge in [-0.05, 0) is 42.5 Å². The molecule has 1 aromatic heterocycles. The zero-order valence-electron chi connectivity index (χ0n) is 13.1. The second-order valence-corrected chi connectivity index (χ2v) is 6.22. The smallest absolute Gasteiger partial charge is 0.229 e. The van der Waals surface area contributed by atoms with Gasteiger partial charge in [0.25, 0.3) is 0 Å². The summed E-state index contributed by atoms with van der Waals surface area (Å²) in [6, 6.07) is 12.3. The molecule has 25 heavy (non-hydrogen) atoms. The molecule has 0 aliphatic carbocycles. The van der Waals surface area contributed by atoms with Gasteiger partial charge in [-0.15, -0.1) is 0 Å². The lowest BCUT2D eigenvalue weighted by molar-refractivity contribution is 0.415. The summed E-state index contributed by atoms with van der Waals surface area (Å²) < 4.78 is 5.14.